The number of amides is 1. The Balaban J connectivity index is 1.42. The molecule has 1 amide bonds. The van der Waals surface area contributed by atoms with E-state index in [1.54, 1.807) is 16.7 Å². The quantitative estimate of drug-likeness (QED) is 0.215. The first-order valence-corrected chi connectivity index (χ1v) is 10.4. The van der Waals surface area contributed by atoms with E-state index in [0.29, 0.717) is 5.56 Å². The number of hydrogen-bond donors (Lipinski definition) is 1. The SMILES string of the molecule is O=C1C(Cl)C(c2cccc([N+](=O)[O-])c2)N1NCC(=O)n1c2ccccc2c2ccccc21. The lowest BCUT2D eigenvalue weighted by molar-refractivity contribution is -0.385. The van der Waals surface area contributed by atoms with Crippen molar-refractivity contribution in [3.05, 3.63) is 88.5 Å². The van der Waals surface area contributed by atoms with Gasteiger partial charge in [-0.15, -0.1) is 11.6 Å². The van der Waals surface area contributed by atoms with E-state index in [1.165, 1.54) is 17.1 Å². The van der Waals surface area contributed by atoms with Gasteiger partial charge in [0.1, 0.15) is 5.38 Å². The number of β-lactam (4-membered cyclic amide) rings is 1. The zero-order valence-corrected chi connectivity index (χ0v) is 17.4. The molecule has 0 saturated carbocycles. The molecule has 1 aromatic heterocycles. The second-order valence-electron chi connectivity index (χ2n) is 7.51. The molecule has 2 atom stereocenters. The lowest BCUT2D eigenvalue weighted by Crippen LogP contribution is -2.62. The minimum Gasteiger partial charge on any atom is -0.279 e. The first kappa shape index (κ1) is 20.2. The summed E-state index contributed by atoms with van der Waals surface area (Å²) in [4.78, 5) is 36.2. The summed E-state index contributed by atoms with van der Waals surface area (Å²) in [6, 6.07) is 20.6. The Kier molecular flexibility index (Phi) is 4.88. The van der Waals surface area contributed by atoms with Crippen LogP contribution in [0.15, 0.2) is 72.8 Å². The number of non-ortho nitro benzene ring substituents is 1. The summed E-state index contributed by atoms with van der Waals surface area (Å²) >= 11 is 6.21. The highest BCUT2D eigenvalue weighted by Gasteiger charge is 2.47. The van der Waals surface area contributed by atoms with Crippen molar-refractivity contribution in [3.63, 3.8) is 0 Å². The first-order chi connectivity index (χ1) is 15.5. The molecule has 5 rings (SSSR count). The average Bonchev–Trinajstić information content (AvgIpc) is 3.15. The van der Waals surface area contributed by atoms with Crippen LogP contribution in [0.25, 0.3) is 21.8 Å². The van der Waals surface area contributed by atoms with Crippen molar-refractivity contribution in [2.24, 2.45) is 0 Å². The zero-order chi connectivity index (χ0) is 22.4. The molecule has 1 fully saturated rings. The van der Waals surface area contributed by atoms with E-state index in [1.807, 2.05) is 48.5 Å². The topological polar surface area (TPSA) is 97.5 Å². The van der Waals surface area contributed by atoms with Gasteiger partial charge in [-0.2, -0.15) is 0 Å². The van der Waals surface area contributed by atoms with Gasteiger partial charge < -0.3 is 0 Å². The average molecular weight is 449 g/mol. The Bertz CT molecular complexity index is 1350. The maximum Gasteiger partial charge on any atom is 0.269 e. The Hall–Kier alpha value is -3.75. The van der Waals surface area contributed by atoms with Gasteiger partial charge >= 0.3 is 0 Å². The smallest absolute Gasteiger partial charge is 0.269 e. The number of nitrogens with zero attached hydrogens (tertiary/aromatic N) is 3. The van der Waals surface area contributed by atoms with Gasteiger partial charge in [0.2, 0.25) is 5.91 Å². The molecule has 0 spiro atoms. The third kappa shape index (κ3) is 3.12. The van der Waals surface area contributed by atoms with Gasteiger partial charge in [0.25, 0.3) is 11.6 Å². The van der Waals surface area contributed by atoms with Gasteiger partial charge in [-0.3, -0.25) is 29.3 Å². The number of hydrazine groups is 1. The van der Waals surface area contributed by atoms with E-state index in [-0.39, 0.29) is 18.1 Å². The number of hydrogen-bond acceptors (Lipinski definition) is 5. The maximum atomic E-state index is 13.2. The molecule has 2 unspecified atom stereocenters. The number of para-hydroxylation sites is 2. The van der Waals surface area contributed by atoms with Crippen LogP contribution in [0.2, 0.25) is 0 Å². The largest absolute Gasteiger partial charge is 0.279 e. The second-order valence-corrected chi connectivity index (χ2v) is 7.98. The van der Waals surface area contributed by atoms with E-state index in [9.17, 15) is 19.7 Å². The Morgan fingerprint density at radius 1 is 1.00 bits per heavy atom. The molecule has 2 heterocycles. The molecule has 1 N–H and O–H groups in total. The number of carbonyl (C=O) groups is 2. The molecular weight excluding hydrogens is 432 g/mol. The predicted molar refractivity (Wildman–Crippen MR) is 120 cm³/mol. The first-order valence-electron chi connectivity index (χ1n) is 9.94. The fraction of sp³-hybridized carbons (Fsp3) is 0.130. The molecule has 3 aromatic carbocycles. The summed E-state index contributed by atoms with van der Waals surface area (Å²) in [5.74, 6) is -0.635. The number of nitro groups is 1. The number of halogens is 1. The Morgan fingerprint density at radius 3 is 2.25 bits per heavy atom. The summed E-state index contributed by atoms with van der Waals surface area (Å²) in [6.07, 6.45) is 0. The molecule has 0 bridgehead atoms. The molecule has 32 heavy (non-hydrogen) atoms. The summed E-state index contributed by atoms with van der Waals surface area (Å²) in [5, 5.41) is 13.4. The van der Waals surface area contributed by atoms with Crippen molar-refractivity contribution in [2.45, 2.75) is 11.4 Å². The number of alkyl halides is 1. The zero-order valence-electron chi connectivity index (χ0n) is 16.6. The molecule has 8 nitrogen and oxygen atoms in total. The van der Waals surface area contributed by atoms with Crippen molar-refractivity contribution >= 4 is 50.9 Å². The van der Waals surface area contributed by atoms with Crippen molar-refractivity contribution in [1.29, 1.82) is 0 Å². The Morgan fingerprint density at radius 2 is 1.62 bits per heavy atom. The van der Waals surface area contributed by atoms with Gasteiger partial charge in [0.15, 0.2) is 0 Å². The lowest BCUT2D eigenvalue weighted by Gasteiger charge is -2.44. The highest BCUT2D eigenvalue weighted by molar-refractivity contribution is 6.33. The summed E-state index contributed by atoms with van der Waals surface area (Å²) in [5.41, 5.74) is 4.86. The molecular formula is C23H17ClN4O4. The van der Waals surface area contributed by atoms with Gasteiger partial charge in [-0.1, -0.05) is 48.5 Å². The number of nitro benzene ring substituents is 1. The van der Waals surface area contributed by atoms with Crippen LogP contribution in [0.4, 0.5) is 5.69 Å². The van der Waals surface area contributed by atoms with Gasteiger partial charge in [-0.05, 0) is 17.7 Å². The van der Waals surface area contributed by atoms with Crippen LogP contribution >= 0.6 is 11.6 Å². The fourth-order valence-corrected chi connectivity index (χ4v) is 4.56. The van der Waals surface area contributed by atoms with E-state index >= 15 is 0 Å². The van der Waals surface area contributed by atoms with E-state index < -0.39 is 22.2 Å². The van der Waals surface area contributed by atoms with Crippen LogP contribution in [0, 0.1) is 10.1 Å². The molecule has 1 aliphatic rings. The molecule has 1 aliphatic heterocycles. The molecule has 1 saturated heterocycles. The van der Waals surface area contributed by atoms with Crippen molar-refractivity contribution in [2.75, 3.05) is 6.54 Å². The summed E-state index contributed by atoms with van der Waals surface area (Å²) < 4.78 is 1.63. The number of benzene rings is 3. The highest BCUT2D eigenvalue weighted by atomic mass is 35.5. The summed E-state index contributed by atoms with van der Waals surface area (Å²) in [7, 11) is 0. The molecule has 0 aliphatic carbocycles. The monoisotopic (exact) mass is 448 g/mol. The lowest BCUT2D eigenvalue weighted by atomic mass is 9.95. The van der Waals surface area contributed by atoms with Gasteiger partial charge in [0.05, 0.1) is 28.5 Å². The van der Waals surface area contributed by atoms with Crippen molar-refractivity contribution < 1.29 is 14.5 Å². The minimum atomic E-state index is -0.868. The van der Waals surface area contributed by atoms with Crippen LogP contribution in [-0.4, -0.2) is 38.2 Å². The number of nitrogens with one attached hydrogen (secondary N) is 1. The Labute approximate surface area is 187 Å². The fourth-order valence-electron chi connectivity index (χ4n) is 4.19. The molecule has 160 valence electrons. The van der Waals surface area contributed by atoms with Crippen LogP contribution in [0.5, 0.6) is 0 Å². The van der Waals surface area contributed by atoms with Crippen LogP contribution in [0.3, 0.4) is 0 Å². The van der Waals surface area contributed by atoms with Gasteiger partial charge in [-0.25, -0.2) is 5.43 Å². The third-order valence-electron chi connectivity index (χ3n) is 5.68. The number of fused-ring (bicyclic) bond motifs is 3. The van der Waals surface area contributed by atoms with Crippen molar-refractivity contribution in [3.8, 4) is 0 Å². The highest BCUT2D eigenvalue weighted by Crippen LogP contribution is 2.38. The van der Waals surface area contributed by atoms with E-state index in [4.69, 9.17) is 11.6 Å². The number of rotatable bonds is 5. The molecule has 0 radical (unpaired) electrons. The molecule has 9 heteroatoms. The summed E-state index contributed by atoms with van der Waals surface area (Å²) in [6.45, 7) is -0.149. The normalized spacial score (nSPS) is 18.2. The van der Waals surface area contributed by atoms with Crippen LogP contribution in [-0.2, 0) is 4.79 Å². The number of aromatic nitrogens is 1. The standard InChI is InChI=1S/C23H17ClN4O4/c24-21-22(14-6-5-7-15(12-14)28(31)32)27(23(21)30)25-13-20(29)26-18-10-3-1-8-16(18)17-9-2-4-11-19(17)26/h1-12,21-22,25H,13H2. The molecule has 4 aromatic rings. The van der Waals surface area contributed by atoms with Crippen LogP contribution < -0.4 is 5.43 Å². The second kappa shape index (κ2) is 7.74. The van der Waals surface area contributed by atoms with Crippen molar-refractivity contribution in [1.82, 2.24) is 15.0 Å². The van der Waals surface area contributed by atoms with E-state index in [2.05, 4.69) is 5.43 Å². The predicted octanol–water partition coefficient (Wildman–Crippen LogP) is 4.04. The maximum absolute atomic E-state index is 13.2. The number of carbonyl (C=O) groups excluding carboxylic acids is 2. The third-order valence-corrected chi connectivity index (χ3v) is 6.11. The van der Waals surface area contributed by atoms with Gasteiger partial charge in [0, 0.05) is 22.9 Å². The van der Waals surface area contributed by atoms with E-state index in [0.717, 1.165) is 21.8 Å². The van der Waals surface area contributed by atoms with Crippen LogP contribution in [0.1, 0.15) is 16.4 Å². The minimum absolute atomic E-state index is 0.0907.